The fraction of sp³-hybridized carbons (Fsp3) is 0.500. The summed E-state index contributed by atoms with van der Waals surface area (Å²) in [6.45, 7) is 3.38. The van der Waals surface area contributed by atoms with Crippen molar-refractivity contribution in [3.8, 4) is 0 Å². The molecular formula is C14H19BrN2O. The minimum Gasteiger partial charge on any atom is -0.334 e. The van der Waals surface area contributed by atoms with Gasteiger partial charge < -0.3 is 10.6 Å². The summed E-state index contributed by atoms with van der Waals surface area (Å²) in [7, 11) is 0. The summed E-state index contributed by atoms with van der Waals surface area (Å²) in [5.74, 6) is 0.112. The molecule has 1 amide bonds. The summed E-state index contributed by atoms with van der Waals surface area (Å²) in [6, 6.07) is 5.95. The number of amides is 1. The van der Waals surface area contributed by atoms with Crippen LogP contribution >= 0.6 is 15.9 Å². The van der Waals surface area contributed by atoms with Gasteiger partial charge in [0.2, 0.25) is 0 Å². The zero-order chi connectivity index (χ0) is 13.1. The minimum atomic E-state index is 0.112. The second kappa shape index (κ2) is 5.85. The van der Waals surface area contributed by atoms with Gasteiger partial charge in [-0.05, 0) is 49.9 Å². The molecule has 3 nitrogen and oxygen atoms in total. The predicted molar refractivity (Wildman–Crippen MR) is 76.6 cm³/mol. The molecule has 98 valence electrons. The van der Waals surface area contributed by atoms with E-state index in [1.807, 2.05) is 30.0 Å². The van der Waals surface area contributed by atoms with E-state index >= 15 is 0 Å². The lowest BCUT2D eigenvalue weighted by Crippen LogP contribution is -2.47. The highest BCUT2D eigenvalue weighted by molar-refractivity contribution is 9.10. The van der Waals surface area contributed by atoms with E-state index in [9.17, 15) is 4.79 Å². The summed E-state index contributed by atoms with van der Waals surface area (Å²) < 4.78 is 1.04. The third-order valence-corrected chi connectivity index (χ3v) is 4.45. The molecule has 0 aromatic heterocycles. The number of aryl methyl sites for hydroxylation is 1. The van der Waals surface area contributed by atoms with E-state index in [-0.39, 0.29) is 11.9 Å². The van der Waals surface area contributed by atoms with Crippen molar-refractivity contribution in [2.24, 2.45) is 5.73 Å². The van der Waals surface area contributed by atoms with Crippen LogP contribution in [-0.4, -0.2) is 29.9 Å². The Bertz CT molecular complexity index is 447. The zero-order valence-electron chi connectivity index (χ0n) is 10.7. The number of halogens is 1. The van der Waals surface area contributed by atoms with Gasteiger partial charge in [-0.15, -0.1) is 0 Å². The highest BCUT2D eigenvalue weighted by Gasteiger charge is 2.26. The third-order valence-electron chi connectivity index (χ3n) is 3.56. The molecular weight excluding hydrogens is 292 g/mol. The molecule has 18 heavy (non-hydrogen) atoms. The number of carbonyl (C=O) groups excluding carboxylic acids is 1. The SMILES string of the molecule is Cc1cc(C(=O)N2CCCCC2CN)ccc1Br. The van der Waals surface area contributed by atoms with Gasteiger partial charge in [-0.2, -0.15) is 0 Å². The van der Waals surface area contributed by atoms with Crippen LogP contribution in [0.1, 0.15) is 35.2 Å². The molecule has 1 heterocycles. The van der Waals surface area contributed by atoms with Crippen LogP contribution in [0.4, 0.5) is 0 Å². The quantitative estimate of drug-likeness (QED) is 0.913. The molecule has 1 aromatic carbocycles. The first-order chi connectivity index (χ1) is 8.63. The number of nitrogens with zero attached hydrogens (tertiary/aromatic N) is 1. The maximum absolute atomic E-state index is 12.5. The van der Waals surface area contributed by atoms with E-state index in [0.29, 0.717) is 6.54 Å². The van der Waals surface area contributed by atoms with Gasteiger partial charge in [0.15, 0.2) is 0 Å². The number of nitrogens with two attached hydrogens (primary N) is 1. The second-order valence-electron chi connectivity index (χ2n) is 4.85. The van der Waals surface area contributed by atoms with Crippen LogP contribution in [0.25, 0.3) is 0 Å². The van der Waals surface area contributed by atoms with E-state index in [1.165, 1.54) is 6.42 Å². The molecule has 1 fully saturated rings. The number of hydrogen-bond acceptors (Lipinski definition) is 2. The van der Waals surface area contributed by atoms with E-state index < -0.39 is 0 Å². The Morgan fingerprint density at radius 3 is 2.94 bits per heavy atom. The largest absolute Gasteiger partial charge is 0.334 e. The van der Waals surface area contributed by atoms with E-state index in [4.69, 9.17) is 5.73 Å². The summed E-state index contributed by atoms with van der Waals surface area (Å²) >= 11 is 3.46. The van der Waals surface area contributed by atoms with Crippen LogP contribution in [0.2, 0.25) is 0 Å². The van der Waals surface area contributed by atoms with Gasteiger partial charge in [-0.3, -0.25) is 4.79 Å². The van der Waals surface area contributed by atoms with Crippen molar-refractivity contribution in [3.05, 3.63) is 33.8 Å². The van der Waals surface area contributed by atoms with Crippen LogP contribution in [-0.2, 0) is 0 Å². The maximum atomic E-state index is 12.5. The number of carbonyl (C=O) groups is 1. The molecule has 0 bridgehead atoms. The highest BCUT2D eigenvalue weighted by atomic mass is 79.9. The van der Waals surface area contributed by atoms with Crippen molar-refractivity contribution in [1.82, 2.24) is 4.90 Å². The van der Waals surface area contributed by atoms with Crippen LogP contribution in [0.5, 0.6) is 0 Å². The maximum Gasteiger partial charge on any atom is 0.254 e. The number of hydrogen-bond donors (Lipinski definition) is 1. The minimum absolute atomic E-state index is 0.112. The molecule has 1 atom stereocenters. The average Bonchev–Trinajstić information content (AvgIpc) is 2.41. The van der Waals surface area contributed by atoms with Crippen molar-refractivity contribution in [2.45, 2.75) is 32.2 Å². The normalized spacial score (nSPS) is 19.9. The summed E-state index contributed by atoms with van der Waals surface area (Å²) in [5, 5.41) is 0. The van der Waals surface area contributed by atoms with Crippen molar-refractivity contribution < 1.29 is 4.79 Å². The molecule has 1 aliphatic rings. The monoisotopic (exact) mass is 310 g/mol. The smallest absolute Gasteiger partial charge is 0.254 e. The summed E-state index contributed by atoms with van der Waals surface area (Å²) in [4.78, 5) is 14.4. The fourth-order valence-corrected chi connectivity index (χ4v) is 2.70. The molecule has 4 heteroatoms. The zero-order valence-corrected chi connectivity index (χ0v) is 12.2. The van der Waals surface area contributed by atoms with Gasteiger partial charge in [-0.25, -0.2) is 0 Å². The molecule has 2 rings (SSSR count). The summed E-state index contributed by atoms with van der Waals surface area (Å²) in [6.07, 6.45) is 3.28. The first kappa shape index (κ1) is 13.6. The number of rotatable bonds is 2. The van der Waals surface area contributed by atoms with Crippen LogP contribution in [0.15, 0.2) is 22.7 Å². The number of benzene rings is 1. The van der Waals surface area contributed by atoms with Gasteiger partial charge in [0.25, 0.3) is 5.91 Å². The Labute approximate surface area is 116 Å². The third kappa shape index (κ3) is 2.75. The molecule has 1 aromatic rings. The Balaban J connectivity index is 2.21. The van der Waals surface area contributed by atoms with Crippen molar-refractivity contribution in [2.75, 3.05) is 13.1 Å². The van der Waals surface area contributed by atoms with Gasteiger partial charge in [0, 0.05) is 29.2 Å². The molecule has 2 N–H and O–H groups in total. The fourth-order valence-electron chi connectivity index (χ4n) is 2.46. The van der Waals surface area contributed by atoms with Crippen molar-refractivity contribution >= 4 is 21.8 Å². The number of likely N-dealkylation sites (tertiary alicyclic amines) is 1. The average molecular weight is 311 g/mol. The Morgan fingerprint density at radius 2 is 2.28 bits per heavy atom. The van der Waals surface area contributed by atoms with Crippen LogP contribution < -0.4 is 5.73 Å². The number of piperidine rings is 1. The van der Waals surface area contributed by atoms with E-state index in [0.717, 1.165) is 35.0 Å². The molecule has 0 spiro atoms. The lowest BCUT2D eigenvalue weighted by atomic mass is 10.0. The lowest BCUT2D eigenvalue weighted by Gasteiger charge is -2.35. The molecule has 0 aliphatic carbocycles. The summed E-state index contributed by atoms with van der Waals surface area (Å²) in [5.41, 5.74) is 7.61. The first-order valence-electron chi connectivity index (χ1n) is 6.40. The van der Waals surface area contributed by atoms with Gasteiger partial charge in [-0.1, -0.05) is 15.9 Å². The van der Waals surface area contributed by atoms with Gasteiger partial charge >= 0.3 is 0 Å². The Hall–Kier alpha value is -0.870. The van der Waals surface area contributed by atoms with Crippen LogP contribution in [0, 0.1) is 6.92 Å². The van der Waals surface area contributed by atoms with Crippen molar-refractivity contribution in [3.63, 3.8) is 0 Å². The van der Waals surface area contributed by atoms with Crippen molar-refractivity contribution in [1.29, 1.82) is 0 Å². The Morgan fingerprint density at radius 1 is 1.50 bits per heavy atom. The lowest BCUT2D eigenvalue weighted by molar-refractivity contribution is 0.0623. The first-order valence-corrected chi connectivity index (χ1v) is 7.20. The van der Waals surface area contributed by atoms with E-state index in [2.05, 4.69) is 15.9 Å². The molecule has 1 unspecified atom stereocenters. The van der Waals surface area contributed by atoms with E-state index in [1.54, 1.807) is 0 Å². The molecule has 0 radical (unpaired) electrons. The van der Waals surface area contributed by atoms with Crippen LogP contribution in [0.3, 0.4) is 0 Å². The standard InChI is InChI=1S/C14H19BrN2O/c1-10-8-11(5-6-13(10)15)14(18)17-7-3-2-4-12(17)9-16/h5-6,8,12H,2-4,7,9,16H2,1H3. The molecule has 1 aliphatic heterocycles. The van der Waals surface area contributed by atoms with Gasteiger partial charge in [0.1, 0.15) is 0 Å². The topological polar surface area (TPSA) is 46.3 Å². The molecule has 0 saturated carbocycles. The second-order valence-corrected chi connectivity index (χ2v) is 5.70. The van der Waals surface area contributed by atoms with Gasteiger partial charge in [0.05, 0.1) is 0 Å². The Kier molecular flexibility index (Phi) is 4.40. The molecule has 1 saturated heterocycles. The predicted octanol–water partition coefficient (Wildman–Crippen LogP) is 2.71. The highest BCUT2D eigenvalue weighted by Crippen LogP contribution is 2.22.